The van der Waals surface area contributed by atoms with E-state index in [1.807, 2.05) is 4.90 Å². The number of carboxylic acids is 1. The van der Waals surface area contributed by atoms with Crippen molar-refractivity contribution in [3.63, 3.8) is 0 Å². The van der Waals surface area contributed by atoms with Gasteiger partial charge in [0.1, 0.15) is 0 Å². The lowest BCUT2D eigenvalue weighted by Gasteiger charge is -2.21. The Morgan fingerprint density at radius 1 is 1.31 bits per heavy atom. The molecule has 1 heterocycles. The van der Waals surface area contributed by atoms with Crippen LogP contribution in [0.2, 0.25) is 0 Å². The van der Waals surface area contributed by atoms with Gasteiger partial charge in [-0.15, -0.1) is 0 Å². The highest BCUT2D eigenvalue weighted by molar-refractivity contribution is 5.78. The fraction of sp³-hybridized carbons (Fsp3) is 0.818. The molecule has 92 valence electrons. The molecule has 0 saturated carbocycles. The van der Waals surface area contributed by atoms with E-state index in [1.165, 1.54) is 0 Å². The van der Waals surface area contributed by atoms with Crippen LogP contribution < -0.4 is 5.32 Å². The summed E-state index contributed by atoms with van der Waals surface area (Å²) in [7, 11) is 0. The van der Waals surface area contributed by atoms with Gasteiger partial charge in [-0.1, -0.05) is 0 Å². The summed E-state index contributed by atoms with van der Waals surface area (Å²) in [6.45, 7) is 5.50. The van der Waals surface area contributed by atoms with Crippen LogP contribution in [0.1, 0.15) is 26.7 Å². The minimum Gasteiger partial charge on any atom is -0.481 e. The Labute approximate surface area is 95.8 Å². The van der Waals surface area contributed by atoms with Gasteiger partial charge in [-0.3, -0.25) is 9.59 Å². The number of nitrogens with zero attached hydrogens (tertiary/aromatic N) is 1. The normalized spacial score (nSPS) is 16.5. The number of carboxylic acid groups (broad SMARTS) is 1. The molecule has 0 aromatic heterocycles. The molecule has 0 aliphatic carbocycles. The van der Waals surface area contributed by atoms with E-state index in [2.05, 4.69) is 5.32 Å². The van der Waals surface area contributed by atoms with Crippen molar-refractivity contribution in [1.29, 1.82) is 0 Å². The Morgan fingerprint density at radius 2 is 1.88 bits per heavy atom. The molecule has 2 N–H and O–H groups in total. The van der Waals surface area contributed by atoms with E-state index in [0.29, 0.717) is 6.54 Å². The maximum absolute atomic E-state index is 11.6. The molecule has 0 aromatic carbocycles. The Bertz CT molecular complexity index is 270. The lowest BCUT2D eigenvalue weighted by Crippen LogP contribution is -2.42. The van der Waals surface area contributed by atoms with Gasteiger partial charge in [0.25, 0.3) is 0 Å². The van der Waals surface area contributed by atoms with Crippen LogP contribution in [-0.2, 0) is 9.59 Å². The molecule has 5 nitrogen and oxygen atoms in total. The molecule has 1 rings (SSSR count). The maximum Gasteiger partial charge on any atom is 0.310 e. The third-order valence-corrected chi connectivity index (χ3v) is 2.88. The first-order chi connectivity index (χ1) is 7.43. The first kappa shape index (κ1) is 13.0. The maximum atomic E-state index is 11.6. The van der Waals surface area contributed by atoms with Crippen LogP contribution in [0.5, 0.6) is 0 Å². The van der Waals surface area contributed by atoms with Gasteiger partial charge in [0.2, 0.25) is 5.91 Å². The van der Waals surface area contributed by atoms with Crippen LogP contribution in [0, 0.1) is 5.41 Å². The number of nitrogens with one attached hydrogen (secondary N) is 1. The number of carbonyl (C=O) groups excluding carboxylic acids is 1. The fourth-order valence-corrected chi connectivity index (χ4v) is 1.64. The molecule has 1 aliphatic heterocycles. The minimum absolute atomic E-state index is 0.0682. The van der Waals surface area contributed by atoms with Gasteiger partial charge in [0.15, 0.2) is 0 Å². The van der Waals surface area contributed by atoms with Crippen molar-refractivity contribution >= 4 is 11.9 Å². The first-order valence-corrected chi connectivity index (χ1v) is 5.65. The van der Waals surface area contributed by atoms with Crippen LogP contribution >= 0.6 is 0 Å². The third-order valence-electron chi connectivity index (χ3n) is 2.88. The molecule has 0 radical (unpaired) electrons. The first-order valence-electron chi connectivity index (χ1n) is 5.65. The summed E-state index contributed by atoms with van der Waals surface area (Å²) >= 11 is 0. The molecular weight excluding hydrogens is 208 g/mol. The van der Waals surface area contributed by atoms with Crippen LogP contribution in [0.25, 0.3) is 0 Å². The molecule has 0 bridgehead atoms. The van der Waals surface area contributed by atoms with E-state index in [0.717, 1.165) is 25.9 Å². The fourth-order valence-electron chi connectivity index (χ4n) is 1.64. The van der Waals surface area contributed by atoms with Gasteiger partial charge in [0, 0.05) is 19.6 Å². The standard InChI is InChI=1S/C11H20N2O3/c1-11(2,10(15)16)8-12-7-9(14)13-5-3-4-6-13/h12H,3-8H2,1-2H3,(H,15,16). The molecule has 1 saturated heterocycles. The average molecular weight is 228 g/mol. The predicted molar refractivity (Wildman–Crippen MR) is 60.1 cm³/mol. The Kier molecular flexibility index (Phi) is 4.29. The van der Waals surface area contributed by atoms with Gasteiger partial charge in [-0.05, 0) is 26.7 Å². The molecule has 0 unspecified atom stereocenters. The summed E-state index contributed by atoms with van der Waals surface area (Å²) in [5, 5.41) is 11.8. The zero-order valence-corrected chi connectivity index (χ0v) is 9.95. The van der Waals surface area contributed by atoms with E-state index in [1.54, 1.807) is 13.8 Å². The minimum atomic E-state index is -0.853. The summed E-state index contributed by atoms with van der Waals surface area (Å²) in [6.07, 6.45) is 2.15. The number of hydrogen-bond acceptors (Lipinski definition) is 3. The monoisotopic (exact) mass is 228 g/mol. The van der Waals surface area contributed by atoms with E-state index >= 15 is 0 Å². The Hall–Kier alpha value is -1.10. The van der Waals surface area contributed by atoms with Crippen molar-refractivity contribution in [3.8, 4) is 0 Å². The summed E-state index contributed by atoms with van der Waals surface area (Å²) < 4.78 is 0. The number of aliphatic carboxylic acids is 1. The molecule has 1 amide bonds. The number of hydrogen-bond donors (Lipinski definition) is 2. The molecule has 0 aromatic rings. The summed E-state index contributed by atoms with van der Waals surface area (Å²) in [5.74, 6) is -0.785. The van der Waals surface area contributed by atoms with Gasteiger partial charge in [-0.2, -0.15) is 0 Å². The highest BCUT2D eigenvalue weighted by atomic mass is 16.4. The van der Waals surface area contributed by atoms with Crippen molar-refractivity contribution in [1.82, 2.24) is 10.2 Å². The summed E-state index contributed by atoms with van der Waals surface area (Å²) in [6, 6.07) is 0. The lowest BCUT2D eigenvalue weighted by atomic mass is 9.94. The average Bonchev–Trinajstić information content (AvgIpc) is 2.69. The summed E-state index contributed by atoms with van der Waals surface area (Å²) in [5.41, 5.74) is -0.828. The van der Waals surface area contributed by atoms with Crippen molar-refractivity contribution in [3.05, 3.63) is 0 Å². The Morgan fingerprint density at radius 3 is 2.38 bits per heavy atom. The van der Waals surface area contributed by atoms with Crippen LogP contribution in [0.15, 0.2) is 0 Å². The molecule has 0 spiro atoms. The van der Waals surface area contributed by atoms with Crippen LogP contribution in [-0.4, -0.2) is 48.1 Å². The number of likely N-dealkylation sites (tertiary alicyclic amines) is 1. The van der Waals surface area contributed by atoms with Gasteiger partial charge in [-0.25, -0.2) is 0 Å². The largest absolute Gasteiger partial charge is 0.481 e. The molecule has 0 atom stereocenters. The molecule has 16 heavy (non-hydrogen) atoms. The molecule has 1 aliphatic rings. The van der Waals surface area contributed by atoms with E-state index in [-0.39, 0.29) is 12.5 Å². The van der Waals surface area contributed by atoms with Crippen molar-refractivity contribution < 1.29 is 14.7 Å². The smallest absolute Gasteiger partial charge is 0.310 e. The Balaban J connectivity index is 2.24. The number of amides is 1. The van der Waals surface area contributed by atoms with Crippen LogP contribution in [0.3, 0.4) is 0 Å². The molecule has 1 fully saturated rings. The van der Waals surface area contributed by atoms with E-state index < -0.39 is 11.4 Å². The molecule has 5 heteroatoms. The second-order valence-corrected chi connectivity index (χ2v) is 4.88. The van der Waals surface area contributed by atoms with Crippen molar-refractivity contribution in [2.45, 2.75) is 26.7 Å². The third kappa shape index (κ3) is 3.48. The van der Waals surface area contributed by atoms with Crippen LogP contribution in [0.4, 0.5) is 0 Å². The molecular formula is C11H20N2O3. The van der Waals surface area contributed by atoms with E-state index in [9.17, 15) is 9.59 Å². The zero-order chi connectivity index (χ0) is 12.2. The topological polar surface area (TPSA) is 69.6 Å². The van der Waals surface area contributed by atoms with Gasteiger partial charge in [0.05, 0.1) is 12.0 Å². The predicted octanol–water partition coefficient (Wildman–Crippen LogP) is 0.309. The number of carbonyl (C=O) groups is 2. The highest BCUT2D eigenvalue weighted by Crippen LogP contribution is 2.13. The SMILES string of the molecule is CC(C)(CNCC(=O)N1CCCC1)C(=O)O. The number of rotatable bonds is 5. The zero-order valence-electron chi connectivity index (χ0n) is 9.95. The van der Waals surface area contributed by atoms with Gasteiger partial charge >= 0.3 is 5.97 Å². The summed E-state index contributed by atoms with van der Waals surface area (Å²) in [4.78, 5) is 24.3. The second-order valence-electron chi connectivity index (χ2n) is 4.88. The van der Waals surface area contributed by atoms with Crippen molar-refractivity contribution in [2.75, 3.05) is 26.2 Å². The van der Waals surface area contributed by atoms with Gasteiger partial charge < -0.3 is 15.3 Å². The highest BCUT2D eigenvalue weighted by Gasteiger charge is 2.27. The quantitative estimate of drug-likeness (QED) is 0.710. The lowest BCUT2D eigenvalue weighted by molar-refractivity contribution is -0.146. The van der Waals surface area contributed by atoms with E-state index in [4.69, 9.17) is 5.11 Å². The second kappa shape index (κ2) is 5.30. The van der Waals surface area contributed by atoms with Crippen molar-refractivity contribution in [2.24, 2.45) is 5.41 Å².